The van der Waals surface area contributed by atoms with Crippen molar-refractivity contribution in [3.05, 3.63) is 42.4 Å². The summed E-state index contributed by atoms with van der Waals surface area (Å²) in [5, 5.41) is 15.0. The number of hydrogen-bond acceptors (Lipinski definition) is 5. The van der Waals surface area contributed by atoms with E-state index in [1.165, 1.54) is 4.90 Å². The standard InChI is InChI=1S/C23H29N7O2.HI/c1-24-23(25-10-4-7-18-28-27-17-6-2-3-12-29(17)18)26-11-5-13-30-21(31)19-15-8-9-16(14-15)20(19)22(30)32;/h2-3,6,8-9,12,15-16,19-20H,4-5,7,10-11,13-14H2,1H3,(H2,24,25,26);1H. The Morgan fingerprint density at radius 2 is 1.76 bits per heavy atom. The molecule has 2 amide bonds. The van der Waals surface area contributed by atoms with Gasteiger partial charge in [-0.25, -0.2) is 0 Å². The molecule has 2 fully saturated rings. The van der Waals surface area contributed by atoms with Crippen molar-refractivity contribution in [2.24, 2.45) is 28.7 Å². The molecule has 4 atom stereocenters. The average Bonchev–Trinajstić information content (AvgIpc) is 3.58. The molecule has 2 aromatic rings. The number of carbonyl (C=O) groups excluding carboxylic acids is 2. The Hall–Kier alpha value is -2.50. The summed E-state index contributed by atoms with van der Waals surface area (Å²) in [6.07, 6.45) is 9.61. The first-order chi connectivity index (χ1) is 15.7. The summed E-state index contributed by atoms with van der Waals surface area (Å²) < 4.78 is 2.00. The van der Waals surface area contributed by atoms with Crippen LogP contribution in [-0.2, 0) is 16.0 Å². The molecule has 9 nitrogen and oxygen atoms in total. The van der Waals surface area contributed by atoms with Gasteiger partial charge in [-0.15, -0.1) is 34.2 Å². The molecule has 2 bridgehead atoms. The summed E-state index contributed by atoms with van der Waals surface area (Å²) in [5.74, 6) is 2.03. The zero-order valence-corrected chi connectivity index (χ0v) is 21.0. The number of fused-ring (bicyclic) bond motifs is 6. The molecule has 10 heteroatoms. The number of hydrogen-bond donors (Lipinski definition) is 2. The lowest BCUT2D eigenvalue weighted by Crippen LogP contribution is -2.40. The Labute approximate surface area is 210 Å². The fourth-order valence-electron chi connectivity index (χ4n) is 5.36. The molecule has 2 N–H and O–H groups in total. The van der Waals surface area contributed by atoms with Crippen molar-refractivity contribution in [1.29, 1.82) is 0 Å². The second kappa shape index (κ2) is 10.2. The average molecular weight is 563 g/mol. The molecule has 4 unspecified atom stereocenters. The Bertz CT molecular complexity index is 1050. The number of halogens is 1. The summed E-state index contributed by atoms with van der Waals surface area (Å²) >= 11 is 0. The first-order valence-electron chi connectivity index (χ1n) is 11.4. The van der Waals surface area contributed by atoms with E-state index in [9.17, 15) is 9.59 Å². The van der Waals surface area contributed by atoms with Crippen LogP contribution in [0.4, 0.5) is 0 Å². The molecule has 5 rings (SSSR count). The largest absolute Gasteiger partial charge is 0.356 e. The molecule has 0 spiro atoms. The van der Waals surface area contributed by atoms with Crippen LogP contribution in [0.1, 0.15) is 25.1 Å². The van der Waals surface area contributed by atoms with Gasteiger partial charge < -0.3 is 10.6 Å². The molecule has 1 saturated carbocycles. The number of aryl methyl sites for hydroxylation is 1. The Morgan fingerprint density at radius 1 is 1.06 bits per heavy atom. The van der Waals surface area contributed by atoms with Gasteiger partial charge in [0, 0.05) is 39.3 Å². The maximum Gasteiger partial charge on any atom is 0.233 e. The van der Waals surface area contributed by atoms with Crippen molar-refractivity contribution >= 4 is 47.4 Å². The van der Waals surface area contributed by atoms with E-state index in [0.717, 1.165) is 37.3 Å². The van der Waals surface area contributed by atoms with Crippen LogP contribution in [0.2, 0.25) is 0 Å². The van der Waals surface area contributed by atoms with Crippen molar-refractivity contribution in [1.82, 2.24) is 30.1 Å². The number of guanidine groups is 1. The molecule has 3 aliphatic rings. The second-order valence-electron chi connectivity index (χ2n) is 8.76. The lowest BCUT2D eigenvalue weighted by Gasteiger charge is -2.18. The van der Waals surface area contributed by atoms with Gasteiger partial charge in [0.05, 0.1) is 11.8 Å². The van der Waals surface area contributed by atoms with Gasteiger partial charge in [0.25, 0.3) is 0 Å². The molecule has 176 valence electrons. The van der Waals surface area contributed by atoms with E-state index in [1.807, 2.05) is 28.8 Å². The van der Waals surface area contributed by atoms with Gasteiger partial charge in [-0.05, 0) is 43.2 Å². The highest BCUT2D eigenvalue weighted by molar-refractivity contribution is 14.0. The number of aromatic nitrogens is 3. The minimum atomic E-state index is -0.109. The molecule has 1 aliphatic heterocycles. The Kier molecular flexibility index (Phi) is 7.30. The van der Waals surface area contributed by atoms with E-state index in [1.54, 1.807) is 7.05 Å². The predicted octanol–water partition coefficient (Wildman–Crippen LogP) is 1.64. The van der Waals surface area contributed by atoms with Crippen molar-refractivity contribution in [3.63, 3.8) is 0 Å². The number of allylic oxidation sites excluding steroid dienone is 2. The van der Waals surface area contributed by atoms with Crippen LogP contribution in [0.5, 0.6) is 0 Å². The van der Waals surface area contributed by atoms with Crippen LogP contribution in [0.15, 0.2) is 41.5 Å². The molecule has 2 aliphatic carbocycles. The van der Waals surface area contributed by atoms with Crippen molar-refractivity contribution < 1.29 is 9.59 Å². The number of rotatable bonds is 8. The lowest BCUT2D eigenvalue weighted by molar-refractivity contribution is -0.140. The highest BCUT2D eigenvalue weighted by Crippen LogP contribution is 2.52. The maximum absolute atomic E-state index is 12.7. The SMILES string of the molecule is CN=C(NCCCc1nnc2ccccn12)NCCCN1C(=O)C2C3C=CC(C3)C2C1=O.I. The highest BCUT2D eigenvalue weighted by atomic mass is 127. The molecule has 0 radical (unpaired) electrons. The Balaban J connectivity index is 0.00000259. The predicted molar refractivity (Wildman–Crippen MR) is 135 cm³/mol. The van der Waals surface area contributed by atoms with Crippen LogP contribution in [0, 0.1) is 23.7 Å². The van der Waals surface area contributed by atoms with Gasteiger partial charge in [0.15, 0.2) is 11.6 Å². The first kappa shape index (κ1) is 23.7. The van der Waals surface area contributed by atoms with E-state index in [2.05, 4.69) is 38.0 Å². The molecular formula is C23H30IN7O2. The first-order valence-corrected chi connectivity index (χ1v) is 11.4. The fraction of sp³-hybridized carbons (Fsp3) is 0.522. The third-order valence-electron chi connectivity index (χ3n) is 6.89. The van der Waals surface area contributed by atoms with Crippen LogP contribution >= 0.6 is 24.0 Å². The fourth-order valence-corrected chi connectivity index (χ4v) is 5.36. The third kappa shape index (κ3) is 4.49. The number of nitrogens with zero attached hydrogens (tertiary/aromatic N) is 5. The number of amides is 2. The van der Waals surface area contributed by atoms with Gasteiger partial charge in [-0.2, -0.15) is 0 Å². The van der Waals surface area contributed by atoms with Crippen molar-refractivity contribution in [2.45, 2.75) is 25.7 Å². The zero-order valence-electron chi connectivity index (χ0n) is 18.7. The topological polar surface area (TPSA) is 104 Å². The second-order valence-corrected chi connectivity index (χ2v) is 8.76. The monoisotopic (exact) mass is 563 g/mol. The summed E-state index contributed by atoms with van der Waals surface area (Å²) in [6.45, 7) is 1.86. The highest BCUT2D eigenvalue weighted by Gasteiger charge is 2.58. The smallest absolute Gasteiger partial charge is 0.233 e. The van der Waals surface area contributed by atoms with Gasteiger partial charge in [0.1, 0.15) is 5.82 Å². The zero-order chi connectivity index (χ0) is 22.1. The molecule has 2 aromatic heterocycles. The molecule has 0 aromatic carbocycles. The van der Waals surface area contributed by atoms with Crippen LogP contribution in [-0.4, -0.2) is 64.0 Å². The van der Waals surface area contributed by atoms with Crippen molar-refractivity contribution in [3.8, 4) is 0 Å². The quantitative estimate of drug-likeness (QED) is 0.127. The normalized spacial score (nSPS) is 25.6. The minimum absolute atomic E-state index is 0. The molecule has 3 heterocycles. The van der Waals surface area contributed by atoms with E-state index < -0.39 is 0 Å². The summed E-state index contributed by atoms with van der Waals surface area (Å²) in [5.41, 5.74) is 0.857. The molecule has 1 saturated heterocycles. The summed E-state index contributed by atoms with van der Waals surface area (Å²) in [4.78, 5) is 31.2. The van der Waals surface area contributed by atoms with E-state index in [4.69, 9.17) is 0 Å². The maximum atomic E-state index is 12.7. The lowest BCUT2D eigenvalue weighted by atomic mass is 9.85. The van der Waals surface area contributed by atoms with Crippen LogP contribution in [0.3, 0.4) is 0 Å². The summed E-state index contributed by atoms with van der Waals surface area (Å²) in [6, 6.07) is 5.87. The number of aliphatic imine (C=N–C) groups is 1. The summed E-state index contributed by atoms with van der Waals surface area (Å²) in [7, 11) is 1.73. The minimum Gasteiger partial charge on any atom is -0.356 e. The van der Waals surface area contributed by atoms with E-state index in [0.29, 0.717) is 25.5 Å². The van der Waals surface area contributed by atoms with Gasteiger partial charge in [0.2, 0.25) is 11.8 Å². The van der Waals surface area contributed by atoms with Crippen molar-refractivity contribution in [2.75, 3.05) is 26.7 Å². The van der Waals surface area contributed by atoms with Crippen LogP contribution in [0.25, 0.3) is 5.65 Å². The van der Waals surface area contributed by atoms with E-state index >= 15 is 0 Å². The number of likely N-dealkylation sites (tertiary alicyclic amines) is 1. The molecule has 33 heavy (non-hydrogen) atoms. The van der Waals surface area contributed by atoms with Gasteiger partial charge >= 0.3 is 0 Å². The number of imide groups is 1. The number of nitrogens with one attached hydrogen (secondary N) is 2. The molecular weight excluding hydrogens is 533 g/mol. The van der Waals surface area contributed by atoms with Crippen LogP contribution < -0.4 is 10.6 Å². The van der Waals surface area contributed by atoms with Gasteiger partial charge in [-0.3, -0.25) is 23.9 Å². The number of pyridine rings is 1. The van der Waals surface area contributed by atoms with Gasteiger partial charge in [-0.1, -0.05) is 18.2 Å². The van der Waals surface area contributed by atoms with E-state index in [-0.39, 0.29) is 59.5 Å². The Morgan fingerprint density at radius 3 is 2.45 bits per heavy atom. The third-order valence-corrected chi connectivity index (χ3v) is 6.89. The number of carbonyl (C=O) groups is 2.